The number of hydrogen-bond acceptors (Lipinski definition) is 6. The minimum Gasteiger partial charge on any atom is -0.374 e. The van der Waals surface area contributed by atoms with E-state index in [0.717, 1.165) is 11.5 Å². The standard InChI is InChI=1S/C9H8ClN3O2S2/c10-7-3-1-2-6(4-7)5-17(14,15)9-12-8(11)16-13-9/h1-4H,5H2,(H2,11,12,13). The summed E-state index contributed by atoms with van der Waals surface area (Å²) in [6.45, 7) is 0. The van der Waals surface area contributed by atoms with Crippen LogP contribution in [0.4, 0.5) is 5.13 Å². The number of benzene rings is 1. The Bertz CT molecular complexity index is 639. The largest absolute Gasteiger partial charge is 0.374 e. The van der Waals surface area contributed by atoms with Crippen molar-refractivity contribution in [3.63, 3.8) is 0 Å². The summed E-state index contributed by atoms with van der Waals surface area (Å²) in [6, 6.07) is 6.64. The molecule has 0 unspecified atom stereocenters. The lowest BCUT2D eigenvalue weighted by atomic mass is 10.2. The van der Waals surface area contributed by atoms with E-state index in [9.17, 15) is 8.42 Å². The molecule has 5 nitrogen and oxygen atoms in total. The van der Waals surface area contributed by atoms with E-state index in [2.05, 4.69) is 9.36 Å². The highest BCUT2D eigenvalue weighted by Gasteiger charge is 2.20. The molecule has 1 heterocycles. The van der Waals surface area contributed by atoms with Gasteiger partial charge in [0.25, 0.3) is 5.16 Å². The summed E-state index contributed by atoms with van der Waals surface area (Å²) >= 11 is 6.64. The predicted octanol–water partition coefficient (Wildman–Crippen LogP) is 1.75. The van der Waals surface area contributed by atoms with Crippen LogP contribution in [0.15, 0.2) is 29.4 Å². The summed E-state index contributed by atoms with van der Waals surface area (Å²) in [7, 11) is -3.56. The van der Waals surface area contributed by atoms with E-state index in [0.29, 0.717) is 10.6 Å². The van der Waals surface area contributed by atoms with Gasteiger partial charge in [-0.2, -0.15) is 9.36 Å². The molecule has 1 aromatic heterocycles. The van der Waals surface area contributed by atoms with Gasteiger partial charge in [0.05, 0.1) is 5.75 Å². The molecule has 2 aromatic rings. The average Bonchev–Trinajstić information content (AvgIpc) is 2.65. The monoisotopic (exact) mass is 289 g/mol. The molecule has 0 aliphatic rings. The van der Waals surface area contributed by atoms with Gasteiger partial charge in [-0.3, -0.25) is 0 Å². The Morgan fingerprint density at radius 3 is 2.76 bits per heavy atom. The van der Waals surface area contributed by atoms with Gasteiger partial charge in [-0.1, -0.05) is 23.7 Å². The van der Waals surface area contributed by atoms with Crippen molar-refractivity contribution in [2.24, 2.45) is 0 Å². The number of nitrogen functional groups attached to an aromatic ring is 1. The van der Waals surface area contributed by atoms with Crippen molar-refractivity contribution in [1.82, 2.24) is 9.36 Å². The maximum absolute atomic E-state index is 11.9. The predicted molar refractivity (Wildman–Crippen MR) is 66.7 cm³/mol. The first-order valence-electron chi connectivity index (χ1n) is 4.54. The Morgan fingerprint density at radius 1 is 1.41 bits per heavy atom. The Kier molecular flexibility index (Phi) is 3.32. The number of sulfone groups is 1. The van der Waals surface area contributed by atoms with Crippen LogP contribution in [0.3, 0.4) is 0 Å². The van der Waals surface area contributed by atoms with Gasteiger partial charge in [0.15, 0.2) is 0 Å². The van der Waals surface area contributed by atoms with Crippen molar-refractivity contribution in [2.75, 3.05) is 5.73 Å². The van der Waals surface area contributed by atoms with Crippen LogP contribution in [0, 0.1) is 0 Å². The number of aromatic nitrogens is 2. The number of anilines is 1. The second-order valence-corrected chi connectivity index (χ2v) is 6.41. The number of nitrogens with zero attached hydrogens (tertiary/aromatic N) is 2. The van der Waals surface area contributed by atoms with Gasteiger partial charge in [-0.05, 0) is 17.7 Å². The van der Waals surface area contributed by atoms with Crippen LogP contribution in [0.1, 0.15) is 5.56 Å². The molecule has 1 aromatic carbocycles. The molecule has 17 heavy (non-hydrogen) atoms. The van der Waals surface area contributed by atoms with Gasteiger partial charge < -0.3 is 5.73 Å². The van der Waals surface area contributed by atoms with Crippen molar-refractivity contribution in [1.29, 1.82) is 0 Å². The summed E-state index contributed by atoms with van der Waals surface area (Å²) in [5.41, 5.74) is 5.94. The Hall–Kier alpha value is -1.18. The van der Waals surface area contributed by atoms with Crippen LogP contribution in [-0.2, 0) is 15.6 Å². The van der Waals surface area contributed by atoms with E-state index in [4.69, 9.17) is 17.3 Å². The molecule has 90 valence electrons. The smallest absolute Gasteiger partial charge is 0.261 e. The second kappa shape index (κ2) is 4.59. The number of hydrogen-bond donors (Lipinski definition) is 1. The van der Waals surface area contributed by atoms with Crippen LogP contribution >= 0.6 is 23.1 Å². The molecule has 0 aliphatic carbocycles. The number of nitrogens with two attached hydrogens (primary N) is 1. The van der Waals surface area contributed by atoms with Crippen LogP contribution in [0.2, 0.25) is 5.02 Å². The topological polar surface area (TPSA) is 85.9 Å². The maximum Gasteiger partial charge on any atom is 0.261 e. The zero-order valence-electron chi connectivity index (χ0n) is 8.50. The first-order valence-corrected chi connectivity index (χ1v) is 7.34. The molecule has 2 N–H and O–H groups in total. The summed E-state index contributed by atoms with van der Waals surface area (Å²) in [5.74, 6) is -0.191. The average molecular weight is 290 g/mol. The third kappa shape index (κ3) is 2.93. The molecule has 0 spiro atoms. The van der Waals surface area contributed by atoms with Gasteiger partial charge in [0.1, 0.15) is 0 Å². The normalized spacial score (nSPS) is 11.6. The second-order valence-electron chi connectivity index (χ2n) is 3.30. The third-order valence-electron chi connectivity index (χ3n) is 1.95. The third-order valence-corrected chi connectivity index (χ3v) is 4.29. The molecule has 0 fully saturated rings. The lowest BCUT2D eigenvalue weighted by molar-refractivity contribution is 0.588. The fraction of sp³-hybridized carbons (Fsp3) is 0.111. The molecule has 0 amide bonds. The molecule has 2 rings (SSSR count). The van der Waals surface area contributed by atoms with Gasteiger partial charge in [0, 0.05) is 16.6 Å². The Balaban J connectivity index is 2.29. The zero-order chi connectivity index (χ0) is 12.5. The quantitative estimate of drug-likeness (QED) is 0.930. The fourth-order valence-corrected chi connectivity index (χ4v) is 3.42. The molecule has 0 bridgehead atoms. The van der Waals surface area contributed by atoms with E-state index in [1.807, 2.05) is 0 Å². The molecule has 0 saturated carbocycles. The van der Waals surface area contributed by atoms with Crippen LogP contribution < -0.4 is 5.73 Å². The van der Waals surface area contributed by atoms with E-state index in [-0.39, 0.29) is 16.0 Å². The van der Waals surface area contributed by atoms with E-state index < -0.39 is 9.84 Å². The molecule has 0 aliphatic heterocycles. The van der Waals surface area contributed by atoms with Gasteiger partial charge >= 0.3 is 0 Å². The van der Waals surface area contributed by atoms with Crippen molar-refractivity contribution >= 4 is 38.1 Å². The zero-order valence-corrected chi connectivity index (χ0v) is 10.9. The van der Waals surface area contributed by atoms with Crippen LogP contribution in [0.25, 0.3) is 0 Å². The van der Waals surface area contributed by atoms with E-state index in [1.54, 1.807) is 24.3 Å². The molecular formula is C9H8ClN3O2S2. The summed E-state index contributed by atoms with van der Waals surface area (Å²) in [4.78, 5) is 3.67. The van der Waals surface area contributed by atoms with Crippen molar-refractivity contribution in [3.05, 3.63) is 34.9 Å². The van der Waals surface area contributed by atoms with Gasteiger partial charge in [-0.15, -0.1) is 0 Å². The molecular weight excluding hydrogens is 282 g/mol. The fourth-order valence-electron chi connectivity index (χ4n) is 1.26. The molecule has 0 atom stereocenters. The highest BCUT2D eigenvalue weighted by Crippen LogP contribution is 2.18. The minimum absolute atomic E-state index is 0.134. The van der Waals surface area contributed by atoms with Crippen LogP contribution in [-0.4, -0.2) is 17.8 Å². The summed E-state index contributed by atoms with van der Waals surface area (Å²) < 4.78 is 27.5. The lowest BCUT2D eigenvalue weighted by Crippen LogP contribution is -2.07. The van der Waals surface area contributed by atoms with Crippen molar-refractivity contribution in [3.8, 4) is 0 Å². The first-order chi connectivity index (χ1) is 7.97. The number of halogens is 1. The first kappa shape index (κ1) is 12.3. The SMILES string of the molecule is Nc1nc(S(=O)(=O)Cc2cccc(Cl)c2)ns1. The Labute approximate surface area is 107 Å². The highest BCUT2D eigenvalue weighted by atomic mass is 35.5. The van der Waals surface area contributed by atoms with Crippen molar-refractivity contribution < 1.29 is 8.42 Å². The maximum atomic E-state index is 11.9. The van der Waals surface area contributed by atoms with E-state index in [1.165, 1.54) is 0 Å². The summed E-state index contributed by atoms with van der Waals surface area (Å²) in [5, 5.41) is 0.387. The molecule has 0 radical (unpaired) electrons. The van der Waals surface area contributed by atoms with Crippen molar-refractivity contribution in [2.45, 2.75) is 10.9 Å². The number of rotatable bonds is 3. The van der Waals surface area contributed by atoms with Crippen LogP contribution in [0.5, 0.6) is 0 Å². The Morgan fingerprint density at radius 2 is 2.18 bits per heavy atom. The van der Waals surface area contributed by atoms with E-state index >= 15 is 0 Å². The highest BCUT2D eigenvalue weighted by molar-refractivity contribution is 7.90. The van der Waals surface area contributed by atoms with Gasteiger partial charge in [-0.25, -0.2) is 8.42 Å². The lowest BCUT2D eigenvalue weighted by Gasteiger charge is -2.00. The molecule has 8 heteroatoms. The summed E-state index contributed by atoms with van der Waals surface area (Å²) in [6.07, 6.45) is 0. The minimum atomic E-state index is -3.56. The molecule has 0 saturated heterocycles. The van der Waals surface area contributed by atoms with Gasteiger partial charge in [0.2, 0.25) is 15.0 Å².